The van der Waals surface area contributed by atoms with Gasteiger partial charge in [-0.05, 0) is 49.4 Å². The van der Waals surface area contributed by atoms with Crippen LogP contribution in [0.2, 0.25) is 0 Å². The van der Waals surface area contributed by atoms with Crippen molar-refractivity contribution in [1.82, 2.24) is 10.2 Å². The van der Waals surface area contributed by atoms with E-state index in [2.05, 4.69) is 12.2 Å². The number of hydrogen-bond acceptors (Lipinski definition) is 4. The number of unbranched alkanes of at least 4 members (excludes halogenated alkanes) is 1. The number of rotatable bonds is 6. The zero-order valence-corrected chi connectivity index (χ0v) is 17.4. The van der Waals surface area contributed by atoms with Crippen molar-refractivity contribution in [1.29, 1.82) is 0 Å². The van der Waals surface area contributed by atoms with E-state index in [1.54, 1.807) is 23.1 Å². The number of carbonyl (C=O) groups is 2. The number of piperidine rings is 1. The van der Waals surface area contributed by atoms with Gasteiger partial charge >= 0.3 is 0 Å². The van der Waals surface area contributed by atoms with Crippen LogP contribution >= 0.6 is 0 Å². The van der Waals surface area contributed by atoms with Gasteiger partial charge in [-0.1, -0.05) is 13.3 Å². The second-order valence-electron chi connectivity index (χ2n) is 7.66. The number of carbonyl (C=O) groups excluding carboxylic acids is 2. The molecule has 2 aliphatic heterocycles. The summed E-state index contributed by atoms with van der Waals surface area (Å²) in [6, 6.07) is 5.21. The molecule has 0 bridgehead atoms. The summed E-state index contributed by atoms with van der Waals surface area (Å²) in [6.45, 7) is 4.25. The first kappa shape index (κ1) is 20.6. The average molecular weight is 408 g/mol. The second-order valence-corrected chi connectivity index (χ2v) is 9.57. The minimum atomic E-state index is -3.30. The van der Waals surface area contributed by atoms with Crippen molar-refractivity contribution < 1.29 is 18.0 Å². The van der Waals surface area contributed by atoms with Crippen LogP contribution in [0.4, 0.5) is 5.69 Å². The number of fused-ring (bicyclic) bond motifs is 1. The van der Waals surface area contributed by atoms with Gasteiger partial charge in [-0.15, -0.1) is 0 Å². The quantitative estimate of drug-likeness (QED) is 0.728. The Balaban J connectivity index is 1.68. The van der Waals surface area contributed by atoms with E-state index in [-0.39, 0.29) is 17.7 Å². The molecule has 0 radical (unpaired) electrons. The van der Waals surface area contributed by atoms with E-state index in [1.807, 2.05) is 0 Å². The lowest BCUT2D eigenvalue weighted by molar-refractivity contribution is -0.126. The summed E-state index contributed by atoms with van der Waals surface area (Å²) < 4.78 is 25.1. The highest BCUT2D eigenvalue weighted by Crippen LogP contribution is 2.31. The van der Waals surface area contributed by atoms with Crippen molar-refractivity contribution in [2.45, 2.75) is 39.0 Å². The third-order valence-corrected chi connectivity index (χ3v) is 6.67. The number of amides is 2. The van der Waals surface area contributed by atoms with Gasteiger partial charge in [0.15, 0.2) is 0 Å². The lowest BCUT2D eigenvalue weighted by Gasteiger charge is -2.32. The maximum absolute atomic E-state index is 13.0. The molecule has 8 heteroatoms. The third kappa shape index (κ3) is 4.48. The number of nitrogens with one attached hydrogen (secondary N) is 1. The summed E-state index contributed by atoms with van der Waals surface area (Å²) in [6.07, 6.45) is 5.40. The van der Waals surface area contributed by atoms with E-state index in [4.69, 9.17) is 0 Å². The number of likely N-dealkylation sites (tertiary alicyclic amines) is 1. The number of nitrogens with zero attached hydrogens (tertiary/aromatic N) is 2. The van der Waals surface area contributed by atoms with Crippen LogP contribution in [-0.4, -0.2) is 57.6 Å². The fraction of sp³-hybridized carbons (Fsp3) is 0.600. The summed E-state index contributed by atoms with van der Waals surface area (Å²) in [4.78, 5) is 27.1. The van der Waals surface area contributed by atoms with E-state index in [9.17, 15) is 18.0 Å². The molecule has 0 saturated carbocycles. The SMILES string of the molecule is CCCCNC(=O)C1CCCN(C(=O)c2ccc3c(c2)CCN3S(C)(=O)=O)C1. The highest BCUT2D eigenvalue weighted by atomic mass is 32.2. The molecular weight excluding hydrogens is 378 g/mol. The molecule has 2 amide bonds. The molecule has 3 rings (SSSR count). The molecule has 7 nitrogen and oxygen atoms in total. The summed E-state index contributed by atoms with van der Waals surface area (Å²) in [5, 5.41) is 2.97. The van der Waals surface area contributed by atoms with Crippen LogP contribution in [-0.2, 0) is 21.2 Å². The summed E-state index contributed by atoms with van der Waals surface area (Å²) in [5.41, 5.74) is 2.09. The van der Waals surface area contributed by atoms with E-state index in [0.29, 0.717) is 43.9 Å². The summed E-state index contributed by atoms with van der Waals surface area (Å²) >= 11 is 0. The molecule has 0 spiro atoms. The van der Waals surface area contributed by atoms with Crippen molar-refractivity contribution in [2.75, 3.05) is 36.7 Å². The second kappa shape index (κ2) is 8.51. The summed E-state index contributed by atoms with van der Waals surface area (Å²) in [7, 11) is -3.30. The molecule has 1 N–H and O–H groups in total. The fourth-order valence-electron chi connectivity index (χ4n) is 3.94. The molecular formula is C20H29N3O4S. The standard InChI is InChI=1S/C20H29N3O4S/c1-3-4-10-21-19(24)17-6-5-11-22(14-17)20(25)16-7-8-18-15(13-16)9-12-23(18)28(2,26)27/h7-8,13,17H,3-6,9-12,14H2,1-2H3,(H,21,24). The topological polar surface area (TPSA) is 86.8 Å². The van der Waals surface area contributed by atoms with Gasteiger partial charge in [0.2, 0.25) is 15.9 Å². The largest absolute Gasteiger partial charge is 0.356 e. The molecule has 1 aromatic rings. The normalized spacial score (nSPS) is 19.4. The van der Waals surface area contributed by atoms with Gasteiger partial charge in [-0.25, -0.2) is 8.42 Å². The molecule has 28 heavy (non-hydrogen) atoms. The maximum Gasteiger partial charge on any atom is 0.253 e. The van der Waals surface area contributed by atoms with Gasteiger partial charge in [0.25, 0.3) is 5.91 Å². The van der Waals surface area contributed by atoms with Crippen molar-refractivity contribution >= 4 is 27.5 Å². The van der Waals surface area contributed by atoms with Crippen LogP contribution in [0.1, 0.15) is 48.5 Å². The van der Waals surface area contributed by atoms with E-state index < -0.39 is 10.0 Å². The minimum Gasteiger partial charge on any atom is -0.356 e. The van der Waals surface area contributed by atoms with Gasteiger partial charge in [0.05, 0.1) is 17.9 Å². The van der Waals surface area contributed by atoms with Gasteiger partial charge in [-0.3, -0.25) is 13.9 Å². The molecule has 1 atom stereocenters. The zero-order chi connectivity index (χ0) is 20.3. The predicted molar refractivity (Wildman–Crippen MR) is 109 cm³/mol. The average Bonchev–Trinajstić information content (AvgIpc) is 3.11. The molecule has 1 saturated heterocycles. The molecule has 154 valence electrons. The number of benzene rings is 1. The zero-order valence-electron chi connectivity index (χ0n) is 16.6. The van der Waals surface area contributed by atoms with Crippen LogP contribution in [0.5, 0.6) is 0 Å². The number of hydrogen-bond donors (Lipinski definition) is 1. The van der Waals surface area contributed by atoms with Gasteiger partial charge in [0, 0.05) is 31.7 Å². The van der Waals surface area contributed by atoms with Crippen LogP contribution in [0.3, 0.4) is 0 Å². The van der Waals surface area contributed by atoms with Gasteiger partial charge in [0.1, 0.15) is 0 Å². The van der Waals surface area contributed by atoms with Crippen LogP contribution < -0.4 is 9.62 Å². The Morgan fingerprint density at radius 3 is 2.75 bits per heavy atom. The third-order valence-electron chi connectivity index (χ3n) is 5.49. The Bertz CT molecular complexity index is 853. The molecule has 2 aliphatic rings. The van der Waals surface area contributed by atoms with Crippen LogP contribution in [0.15, 0.2) is 18.2 Å². The maximum atomic E-state index is 13.0. The van der Waals surface area contributed by atoms with Crippen LogP contribution in [0, 0.1) is 5.92 Å². The Kier molecular flexibility index (Phi) is 6.27. The molecule has 1 unspecified atom stereocenters. The fourth-order valence-corrected chi connectivity index (χ4v) is 4.90. The molecule has 2 heterocycles. The van der Waals surface area contributed by atoms with E-state index in [1.165, 1.54) is 10.6 Å². The molecule has 0 aliphatic carbocycles. The first-order chi connectivity index (χ1) is 13.3. The van der Waals surface area contributed by atoms with Crippen molar-refractivity contribution in [2.24, 2.45) is 5.92 Å². The van der Waals surface area contributed by atoms with E-state index in [0.717, 1.165) is 31.2 Å². The van der Waals surface area contributed by atoms with Crippen LogP contribution in [0.25, 0.3) is 0 Å². The van der Waals surface area contributed by atoms with Gasteiger partial charge < -0.3 is 10.2 Å². The Morgan fingerprint density at radius 2 is 2.04 bits per heavy atom. The first-order valence-electron chi connectivity index (χ1n) is 9.99. The predicted octanol–water partition coefficient (Wildman–Crippen LogP) is 1.78. The summed E-state index contributed by atoms with van der Waals surface area (Å²) in [5.74, 6) is -0.222. The molecule has 0 aromatic heterocycles. The lowest BCUT2D eigenvalue weighted by atomic mass is 9.96. The van der Waals surface area contributed by atoms with E-state index >= 15 is 0 Å². The van der Waals surface area contributed by atoms with Gasteiger partial charge in [-0.2, -0.15) is 0 Å². The van der Waals surface area contributed by atoms with Crippen molar-refractivity contribution in [3.63, 3.8) is 0 Å². The Labute approximate surface area is 167 Å². The monoisotopic (exact) mass is 407 g/mol. The first-order valence-corrected chi connectivity index (χ1v) is 11.8. The molecule has 1 aromatic carbocycles. The smallest absolute Gasteiger partial charge is 0.253 e. The Morgan fingerprint density at radius 1 is 1.25 bits per heavy atom. The lowest BCUT2D eigenvalue weighted by Crippen LogP contribution is -2.45. The minimum absolute atomic E-state index is 0.0312. The highest BCUT2D eigenvalue weighted by Gasteiger charge is 2.30. The highest BCUT2D eigenvalue weighted by molar-refractivity contribution is 7.92. The van der Waals surface area contributed by atoms with Crippen molar-refractivity contribution in [3.8, 4) is 0 Å². The number of anilines is 1. The Hall–Kier alpha value is -2.09. The number of sulfonamides is 1. The van der Waals surface area contributed by atoms with Crippen molar-refractivity contribution in [3.05, 3.63) is 29.3 Å². The molecule has 1 fully saturated rings.